The number of thiazole rings is 1. The molecule has 1 amide bonds. The maximum absolute atomic E-state index is 12.6. The van der Waals surface area contributed by atoms with Crippen molar-refractivity contribution in [3.63, 3.8) is 0 Å². The molecule has 2 N–H and O–H groups in total. The van der Waals surface area contributed by atoms with Gasteiger partial charge in [-0.05, 0) is 55.5 Å². The van der Waals surface area contributed by atoms with Gasteiger partial charge in [-0.2, -0.15) is 0 Å². The highest BCUT2D eigenvalue weighted by atomic mass is 32.2. The van der Waals surface area contributed by atoms with Crippen LogP contribution in [0, 0.1) is 0 Å². The first-order valence-corrected chi connectivity index (χ1v) is 11.8. The molecule has 0 saturated heterocycles. The van der Waals surface area contributed by atoms with E-state index >= 15 is 0 Å². The molecule has 0 aliphatic heterocycles. The van der Waals surface area contributed by atoms with E-state index in [0.717, 1.165) is 4.70 Å². The fourth-order valence-electron chi connectivity index (χ4n) is 2.92. The third-order valence-electron chi connectivity index (χ3n) is 4.36. The predicted octanol–water partition coefficient (Wildman–Crippen LogP) is 4.75. The van der Waals surface area contributed by atoms with E-state index in [4.69, 9.17) is 4.74 Å². The Hall–Kier alpha value is -3.43. The van der Waals surface area contributed by atoms with Gasteiger partial charge >= 0.3 is 0 Å². The lowest BCUT2D eigenvalue weighted by Crippen LogP contribution is -2.14. The van der Waals surface area contributed by atoms with E-state index in [0.29, 0.717) is 34.3 Å². The third kappa shape index (κ3) is 4.68. The van der Waals surface area contributed by atoms with Crippen LogP contribution in [0.5, 0.6) is 5.75 Å². The van der Waals surface area contributed by atoms with Gasteiger partial charge in [0.25, 0.3) is 15.9 Å². The number of carbonyl (C=O) groups is 1. The number of hydrogen-bond acceptors (Lipinski definition) is 6. The maximum Gasteiger partial charge on any atom is 0.261 e. The molecule has 158 valence electrons. The number of nitrogens with zero attached hydrogens (tertiary/aromatic N) is 1. The van der Waals surface area contributed by atoms with Crippen LogP contribution in [0.1, 0.15) is 17.3 Å². The summed E-state index contributed by atoms with van der Waals surface area (Å²) in [4.78, 5) is 17.2. The first kappa shape index (κ1) is 20.8. The number of nitrogens with one attached hydrogen (secondary N) is 2. The first-order valence-electron chi connectivity index (χ1n) is 9.48. The molecule has 0 spiro atoms. The van der Waals surface area contributed by atoms with Crippen LogP contribution < -0.4 is 14.8 Å². The van der Waals surface area contributed by atoms with E-state index < -0.39 is 10.0 Å². The van der Waals surface area contributed by atoms with Gasteiger partial charge in [0.2, 0.25) is 0 Å². The van der Waals surface area contributed by atoms with Gasteiger partial charge in [0.05, 0.1) is 16.2 Å². The number of ether oxygens (including phenoxy) is 1. The van der Waals surface area contributed by atoms with Crippen LogP contribution in [0.15, 0.2) is 77.7 Å². The van der Waals surface area contributed by atoms with Crippen LogP contribution >= 0.6 is 11.3 Å². The Morgan fingerprint density at radius 2 is 1.74 bits per heavy atom. The largest absolute Gasteiger partial charge is 0.492 e. The molecule has 0 unspecified atom stereocenters. The predicted molar refractivity (Wildman–Crippen MR) is 122 cm³/mol. The highest BCUT2D eigenvalue weighted by molar-refractivity contribution is 7.92. The second-order valence-corrected chi connectivity index (χ2v) is 9.22. The summed E-state index contributed by atoms with van der Waals surface area (Å²) in [6, 6.07) is 19.9. The lowest BCUT2D eigenvalue weighted by atomic mass is 10.2. The Morgan fingerprint density at radius 3 is 2.45 bits per heavy atom. The summed E-state index contributed by atoms with van der Waals surface area (Å²) in [5.41, 5.74) is 1.45. The van der Waals surface area contributed by atoms with Crippen LogP contribution in [0.25, 0.3) is 10.2 Å². The zero-order valence-electron chi connectivity index (χ0n) is 16.5. The minimum atomic E-state index is -3.69. The SMILES string of the molecule is CCOc1cccc2sc(NC(=O)c3ccc(NS(=O)(=O)c4ccccc4)cc3)nc12. The standard InChI is InChI=1S/C22H19N3O4S2/c1-2-29-18-9-6-10-19-20(18)23-22(30-19)24-21(26)15-11-13-16(14-12-15)25-31(27,28)17-7-4-3-5-8-17/h3-14,25H,2H2,1H3,(H,23,24,26). The molecule has 4 aromatic rings. The molecule has 4 rings (SSSR count). The minimum absolute atomic E-state index is 0.166. The number of aromatic nitrogens is 1. The van der Waals surface area contributed by atoms with Crippen molar-refractivity contribution in [2.45, 2.75) is 11.8 Å². The molecule has 31 heavy (non-hydrogen) atoms. The number of sulfonamides is 1. The van der Waals surface area contributed by atoms with Crippen molar-refractivity contribution >= 4 is 48.3 Å². The molecule has 1 heterocycles. The average Bonchev–Trinajstić information content (AvgIpc) is 3.18. The van der Waals surface area contributed by atoms with Gasteiger partial charge < -0.3 is 4.74 Å². The third-order valence-corrected chi connectivity index (χ3v) is 6.69. The second kappa shape index (κ2) is 8.75. The first-order chi connectivity index (χ1) is 15.0. The molecule has 3 aromatic carbocycles. The highest BCUT2D eigenvalue weighted by Crippen LogP contribution is 2.32. The van der Waals surface area contributed by atoms with E-state index in [1.54, 1.807) is 42.5 Å². The molecule has 0 saturated carbocycles. The zero-order chi connectivity index (χ0) is 21.8. The fourth-order valence-corrected chi connectivity index (χ4v) is 4.88. The summed E-state index contributed by atoms with van der Waals surface area (Å²) in [6.07, 6.45) is 0. The van der Waals surface area contributed by atoms with Gasteiger partial charge in [-0.25, -0.2) is 13.4 Å². The number of para-hydroxylation sites is 1. The summed E-state index contributed by atoms with van der Waals surface area (Å²) in [5.74, 6) is 0.335. The van der Waals surface area contributed by atoms with Crippen molar-refractivity contribution in [3.8, 4) is 5.75 Å². The van der Waals surface area contributed by atoms with E-state index in [1.807, 2.05) is 25.1 Å². The molecule has 9 heteroatoms. The number of carbonyl (C=O) groups excluding carboxylic acids is 1. The van der Waals surface area contributed by atoms with Crippen LogP contribution in [-0.4, -0.2) is 25.9 Å². The van der Waals surface area contributed by atoms with Crippen molar-refractivity contribution in [2.75, 3.05) is 16.6 Å². The Balaban J connectivity index is 1.48. The summed E-state index contributed by atoms with van der Waals surface area (Å²) >= 11 is 1.35. The minimum Gasteiger partial charge on any atom is -0.492 e. The number of fused-ring (bicyclic) bond motifs is 1. The van der Waals surface area contributed by atoms with Gasteiger partial charge in [0.15, 0.2) is 5.13 Å². The Bertz CT molecular complexity index is 1320. The van der Waals surface area contributed by atoms with Crippen molar-refractivity contribution < 1.29 is 17.9 Å². The van der Waals surface area contributed by atoms with Crippen LogP contribution in [0.4, 0.5) is 10.8 Å². The van der Waals surface area contributed by atoms with Crippen LogP contribution in [0.2, 0.25) is 0 Å². The highest BCUT2D eigenvalue weighted by Gasteiger charge is 2.15. The monoisotopic (exact) mass is 453 g/mol. The molecule has 0 fully saturated rings. The van der Waals surface area contributed by atoms with Crippen molar-refractivity contribution in [1.82, 2.24) is 4.98 Å². The Morgan fingerprint density at radius 1 is 1.00 bits per heavy atom. The number of benzene rings is 3. The van der Waals surface area contributed by atoms with Crippen molar-refractivity contribution in [2.24, 2.45) is 0 Å². The lowest BCUT2D eigenvalue weighted by Gasteiger charge is -2.08. The summed E-state index contributed by atoms with van der Waals surface area (Å²) < 4.78 is 33.8. The maximum atomic E-state index is 12.6. The van der Waals surface area contributed by atoms with Gasteiger partial charge in [0.1, 0.15) is 11.3 Å². The molecule has 0 atom stereocenters. The van der Waals surface area contributed by atoms with Crippen molar-refractivity contribution in [3.05, 3.63) is 78.4 Å². The lowest BCUT2D eigenvalue weighted by molar-refractivity contribution is 0.102. The second-order valence-electron chi connectivity index (χ2n) is 6.50. The Labute approximate surface area is 183 Å². The summed E-state index contributed by atoms with van der Waals surface area (Å²) in [7, 11) is -3.69. The Kier molecular flexibility index (Phi) is 5.88. The summed E-state index contributed by atoms with van der Waals surface area (Å²) in [5, 5.41) is 3.24. The van der Waals surface area contributed by atoms with Gasteiger partial charge in [-0.3, -0.25) is 14.8 Å². The van der Waals surface area contributed by atoms with Crippen LogP contribution in [0.3, 0.4) is 0 Å². The quantitative estimate of drug-likeness (QED) is 0.421. The van der Waals surface area contributed by atoms with E-state index in [-0.39, 0.29) is 10.8 Å². The molecule has 0 aliphatic carbocycles. The normalized spacial score (nSPS) is 11.3. The molecule has 7 nitrogen and oxygen atoms in total. The van der Waals surface area contributed by atoms with Gasteiger partial charge in [-0.1, -0.05) is 35.6 Å². The number of anilines is 2. The van der Waals surface area contributed by atoms with Gasteiger partial charge in [-0.15, -0.1) is 0 Å². The number of amides is 1. The van der Waals surface area contributed by atoms with Crippen LogP contribution in [-0.2, 0) is 10.0 Å². The zero-order valence-corrected chi connectivity index (χ0v) is 18.2. The average molecular weight is 454 g/mol. The fraction of sp³-hybridized carbons (Fsp3) is 0.0909. The number of rotatable bonds is 7. The van der Waals surface area contributed by atoms with Crippen molar-refractivity contribution in [1.29, 1.82) is 0 Å². The number of hydrogen-bond donors (Lipinski definition) is 2. The molecule has 0 radical (unpaired) electrons. The molecular formula is C22H19N3O4S2. The molecular weight excluding hydrogens is 434 g/mol. The van der Waals surface area contributed by atoms with E-state index in [1.165, 1.54) is 23.5 Å². The van der Waals surface area contributed by atoms with E-state index in [9.17, 15) is 13.2 Å². The summed E-state index contributed by atoms with van der Waals surface area (Å²) in [6.45, 7) is 2.43. The smallest absolute Gasteiger partial charge is 0.261 e. The topological polar surface area (TPSA) is 97.4 Å². The molecule has 0 bridgehead atoms. The van der Waals surface area contributed by atoms with E-state index in [2.05, 4.69) is 15.0 Å². The molecule has 0 aliphatic rings. The van der Waals surface area contributed by atoms with Gasteiger partial charge in [0, 0.05) is 11.3 Å². The molecule has 1 aromatic heterocycles.